The molecule has 0 saturated carbocycles. The van der Waals surface area contributed by atoms with E-state index in [1.54, 1.807) is 0 Å². The van der Waals surface area contributed by atoms with Gasteiger partial charge in [0, 0.05) is 13.0 Å². The van der Waals surface area contributed by atoms with E-state index in [4.69, 9.17) is 7.90 Å². The van der Waals surface area contributed by atoms with E-state index in [9.17, 15) is 0 Å². The van der Waals surface area contributed by atoms with E-state index >= 15 is 0 Å². The molecule has 2 aliphatic rings. The van der Waals surface area contributed by atoms with Crippen LogP contribution in [0.15, 0.2) is 5.16 Å². The van der Waals surface area contributed by atoms with Crippen molar-refractivity contribution in [3.05, 3.63) is 0 Å². The van der Waals surface area contributed by atoms with E-state index in [0.29, 0.717) is 6.61 Å². The maximum absolute atomic E-state index is 5.32. The fraction of sp³-hybridized carbons (Fsp3) is 0.900. The number of hydrogen-bond donors (Lipinski definition) is 0. The minimum atomic E-state index is 0.219. The lowest BCUT2D eigenvalue weighted by molar-refractivity contribution is 0.139. The van der Waals surface area contributed by atoms with Crippen LogP contribution in [0.2, 0.25) is 0 Å². The molecule has 0 aliphatic carbocycles. The zero-order valence-corrected chi connectivity index (χ0v) is 11.2. The van der Waals surface area contributed by atoms with Crippen LogP contribution in [0, 0.1) is 0 Å². The Morgan fingerprint density at radius 3 is 3.20 bits per heavy atom. The lowest BCUT2D eigenvalue weighted by Crippen LogP contribution is -2.41. The number of oxime groups is 1. The van der Waals surface area contributed by atoms with Crippen LogP contribution in [0.5, 0.6) is 0 Å². The predicted octanol–water partition coefficient (Wildman–Crippen LogP) is 1.98. The molecule has 0 radical (unpaired) electrons. The molecular weight excluding hydrogens is 307 g/mol. The second kappa shape index (κ2) is 4.97. The second-order valence-corrected chi connectivity index (χ2v) is 4.88. The quantitative estimate of drug-likeness (QED) is 0.586. The molecule has 0 amide bonds. The summed E-state index contributed by atoms with van der Waals surface area (Å²) in [6, 6.07) is 0. The van der Waals surface area contributed by atoms with Crippen LogP contribution in [0.4, 0.5) is 0 Å². The molecule has 2 fully saturated rings. The van der Waals surface area contributed by atoms with Gasteiger partial charge in [-0.1, -0.05) is 5.16 Å². The molecule has 2 saturated heterocycles. The van der Waals surface area contributed by atoms with Gasteiger partial charge in [0.05, 0.1) is 17.9 Å². The molecule has 86 valence electrons. The van der Waals surface area contributed by atoms with Gasteiger partial charge in [0.15, 0.2) is 0 Å². The zero-order valence-electron chi connectivity index (χ0n) is 9.04. The van der Waals surface area contributed by atoms with Gasteiger partial charge in [-0.05, 0) is 26.3 Å². The first-order chi connectivity index (χ1) is 7.30. The van der Waals surface area contributed by atoms with Gasteiger partial charge < -0.3 is 7.90 Å². The topological polar surface area (TPSA) is 34.1 Å². The van der Waals surface area contributed by atoms with Gasteiger partial charge in [0.25, 0.3) is 0 Å². The van der Waals surface area contributed by atoms with E-state index in [-0.39, 0.29) is 5.54 Å². The SMILES string of the molecule is CCO/N=C1\CN2CCC[C@@]2(COI)C1. The summed E-state index contributed by atoms with van der Waals surface area (Å²) in [5.41, 5.74) is 1.39. The molecule has 2 rings (SSSR count). The zero-order chi connectivity index (χ0) is 10.7. The van der Waals surface area contributed by atoms with Crippen LogP contribution in [-0.4, -0.2) is 42.5 Å². The summed E-state index contributed by atoms with van der Waals surface area (Å²) in [6.07, 6.45) is 3.51. The summed E-state index contributed by atoms with van der Waals surface area (Å²) in [6.45, 7) is 5.55. The molecule has 4 nitrogen and oxygen atoms in total. The Balaban J connectivity index is 2.04. The molecule has 0 aromatic carbocycles. The highest BCUT2D eigenvalue weighted by atomic mass is 127. The van der Waals surface area contributed by atoms with Crippen molar-refractivity contribution in [3.8, 4) is 0 Å². The van der Waals surface area contributed by atoms with E-state index in [1.165, 1.54) is 25.1 Å². The first kappa shape index (κ1) is 11.6. The average Bonchev–Trinajstić information content (AvgIpc) is 2.71. The number of hydrogen-bond acceptors (Lipinski definition) is 4. The maximum atomic E-state index is 5.32. The molecule has 0 N–H and O–H groups in total. The average molecular weight is 324 g/mol. The Morgan fingerprint density at radius 2 is 2.47 bits per heavy atom. The second-order valence-electron chi connectivity index (χ2n) is 4.25. The third kappa shape index (κ3) is 2.29. The van der Waals surface area contributed by atoms with Crippen LogP contribution in [0.25, 0.3) is 0 Å². The van der Waals surface area contributed by atoms with Crippen molar-refractivity contribution in [1.29, 1.82) is 0 Å². The van der Waals surface area contributed by atoms with Gasteiger partial charge in [-0.3, -0.25) is 4.90 Å². The van der Waals surface area contributed by atoms with Gasteiger partial charge in [-0.2, -0.15) is 0 Å². The predicted molar refractivity (Wildman–Crippen MR) is 67.2 cm³/mol. The fourth-order valence-corrected chi connectivity index (χ4v) is 3.21. The minimum absolute atomic E-state index is 0.219. The highest BCUT2D eigenvalue weighted by Gasteiger charge is 2.47. The molecule has 0 spiro atoms. The number of nitrogens with zero attached hydrogens (tertiary/aromatic N) is 2. The molecule has 2 aliphatic heterocycles. The highest BCUT2D eigenvalue weighted by Crippen LogP contribution is 2.38. The van der Waals surface area contributed by atoms with Crippen molar-refractivity contribution in [3.63, 3.8) is 0 Å². The largest absolute Gasteiger partial charge is 0.396 e. The van der Waals surface area contributed by atoms with E-state index in [2.05, 4.69) is 10.1 Å². The summed E-state index contributed by atoms with van der Waals surface area (Å²) >= 11 is 1.99. The monoisotopic (exact) mass is 324 g/mol. The van der Waals surface area contributed by atoms with E-state index in [1.807, 2.05) is 29.9 Å². The van der Waals surface area contributed by atoms with Crippen LogP contribution in [0.3, 0.4) is 0 Å². The van der Waals surface area contributed by atoms with Crippen molar-refractivity contribution < 1.29 is 7.90 Å². The summed E-state index contributed by atoms with van der Waals surface area (Å²) < 4.78 is 5.32. The third-order valence-electron chi connectivity index (χ3n) is 3.29. The van der Waals surface area contributed by atoms with Crippen molar-refractivity contribution >= 4 is 28.7 Å². The summed E-state index contributed by atoms with van der Waals surface area (Å²) in [4.78, 5) is 7.61. The van der Waals surface area contributed by atoms with Gasteiger partial charge in [-0.25, -0.2) is 0 Å². The third-order valence-corrected chi connectivity index (χ3v) is 3.60. The first-order valence-electron chi connectivity index (χ1n) is 5.47. The molecular formula is C10H17IN2O2. The molecule has 1 atom stereocenters. The Bertz CT molecular complexity index is 260. The van der Waals surface area contributed by atoms with Crippen molar-refractivity contribution in [2.45, 2.75) is 31.7 Å². The molecule has 0 unspecified atom stereocenters. The van der Waals surface area contributed by atoms with Crippen LogP contribution in [0.1, 0.15) is 26.2 Å². The minimum Gasteiger partial charge on any atom is -0.396 e. The Morgan fingerprint density at radius 1 is 1.60 bits per heavy atom. The van der Waals surface area contributed by atoms with Crippen LogP contribution >= 0.6 is 23.0 Å². The molecule has 15 heavy (non-hydrogen) atoms. The number of halogens is 1. The summed E-state index contributed by atoms with van der Waals surface area (Å²) in [5.74, 6) is 0. The van der Waals surface area contributed by atoms with Crippen molar-refractivity contribution in [1.82, 2.24) is 4.90 Å². The fourth-order valence-electron chi connectivity index (χ4n) is 2.63. The lowest BCUT2D eigenvalue weighted by Gasteiger charge is -2.29. The normalized spacial score (nSPS) is 33.6. The maximum Gasteiger partial charge on any atom is 0.114 e. The lowest BCUT2D eigenvalue weighted by atomic mass is 9.95. The molecule has 0 bridgehead atoms. The Labute approximate surface area is 105 Å². The standard InChI is InChI=1S/C10H17IN2O2/c1-2-15-12-9-6-10(8-14-11)4-3-5-13(10)7-9/h2-8H2,1H3/b12-9-/t10-/m0/s1. The first-order valence-corrected chi connectivity index (χ1v) is 6.35. The molecule has 5 heteroatoms. The van der Waals surface area contributed by atoms with Crippen molar-refractivity contribution in [2.75, 3.05) is 26.3 Å². The number of rotatable bonds is 4. The van der Waals surface area contributed by atoms with Gasteiger partial charge in [-0.15, -0.1) is 0 Å². The molecule has 0 aromatic heterocycles. The Hall–Kier alpha value is 0.120. The van der Waals surface area contributed by atoms with Crippen LogP contribution in [-0.2, 0) is 7.90 Å². The van der Waals surface area contributed by atoms with Crippen LogP contribution < -0.4 is 0 Å². The Kier molecular flexibility index (Phi) is 3.84. The van der Waals surface area contributed by atoms with E-state index < -0.39 is 0 Å². The molecule has 0 aromatic rings. The molecule has 2 heterocycles. The number of fused-ring (bicyclic) bond motifs is 1. The van der Waals surface area contributed by atoms with Gasteiger partial charge >= 0.3 is 0 Å². The van der Waals surface area contributed by atoms with Crippen molar-refractivity contribution in [2.24, 2.45) is 5.16 Å². The summed E-state index contributed by atoms with van der Waals surface area (Å²) in [5, 5.41) is 4.17. The van der Waals surface area contributed by atoms with Gasteiger partial charge in [0.1, 0.15) is 29.6 Å². The smallest absolute Gasteiger partial charge is 0.114 e. The highest BCUT2D eigenvalue weighted by molar-refractivity contribution is 14.1. The van der Waals surface area contributed by atoms with E-state index in [0.717, 1.165) is 19.6 Å². The van der Waals surface area contributed by atoms with Gasteiger partial charge in [0.2, 0.25) is 0 Å². The summed E-state index contributed by atoms with van der Waals surface area (Å²) in [7, 11) is 0.